The largest absolute Gasteiger partial charge is 0.289 e. The van der Waals surface area contributed by atoms with Crippen LogP contribution in [-0.2, 0) is 6.54 Å². The van der Waals surface area contributed by atoms with Crippen molar-refractivity contribution in [2.45, 2.75) is 6.54 Å². The van der Waals surface area contributed by atoms with E-state index in [0.29, 0.717) is 0 Å². The van der Waals surface area contributed by atoms with Gasteiger partial charge in [0.2, 0.25) is 0 Å². The fraction of sp³-hybridized carbons (Fsp3) is 0.118. The topological polar surface area (TPSA) is 43.1 Å². The highest BCUT2D eigenvalue weighted by molar-refractivity contribution is 6.30. The summed E-state index contributed by atoms with van der Waals surface area (Å²) >= 11 is 6.00. The van der Waals surface area contributed by atoms with Crippen LogP contribution in [0.5, 0.6) is 0 Å². The van der Waals surface area contributed by atoms with Crippen molar-refractivity contribution in [3.8, 4) is 22.4 Å². The molecule has 4 nitrogen and oxygen atoms in total. The Morgan fingerprint density at radius 1 is 0.955 bits per heavy atom. The van der Waals surface area contributed by atoms with Gasteiger partial charge in [0.1, 0.15) is 5.69 Å². The first-order valence-electron chi connectivity index (χ1n) is 7.10. The third-order valence-electron chi connectivity index (χ3n) is 3.73. The molecule has 0 amide bonds. The molecule has 0 aliphatic carbocycles. The zero-order valence-corrected chi connectivity index (χ0v) is 12.5. The Kier molecular flexibility index (Phi) is 3.24. The molecule has 108 valence electrons. The predicted octanol–water partition coefficient (Wildman–Crippen LogP) is 3.70. The standard InChI is InChI=1S/C17H13ClN4/c18-14-3-1-13(2-4-14)17-16(12-5-7-19-8-6-12)15-11-20-9-10-22(15)21-17/h1-8,11H,9-10H2. The number of fused-ring (bicyclic) bond motifs is 1. The van der Waals surface area contributed by atoms with E-state index in [1.807, 2.05) is 47.3 Å². The molecule has 0 saturated carbocycles. The van der Waals surface area contributed by atoms with Gasteiger partial charge < -0.3 is 0 Å². The van der Waals surface area contributed by atoms with Gasteiger partial charge in [0, 0.05) is 34.8 Å². The molecule has 0 bridgehead atoms. The van der Waals surface area contributed by atoms with Gasteiger partial charge in [0.25, 0.3) is 0 Å². The SMILES string of the molecule is Clc1ccc(-c2nn3c(c2-c2ccncc2)C=NCC3)cc1. The lowest BCUT2D eigenvalue weighted by atomic mass is 10.00. The van der Waals surface area contributed by atoms with Crippen molar-refractivity contribution < 1.29 is 0 Å². The highest BCUT2D eigenvalue weighted by atomic mass is 35.5. The second-order valence-electron chi connectivity index (χ2n) is 5.11. The maximum Gasteiger partial charge on any atom is 0.101 e. The molecule has 0 atom stereocenters. The van der Waals surface area contributed by atoms with Crippen molar-refractivity contribution in [2.24, 2.45) is 4.99 Å². The number of nitrogens with zero attached hydrogens (tertiary/aromatic N) is 4. The van der Waals surface area contributed by atoms with Gasteiger partial charge in [0.05, 0.1) is 18.8 Å². The highest BCUT2D eigenvalue weighted by Gasteiger charge is 2.20. The quantitative estimate of drug-likeness (QED) is 0.724. The molecule has 3 aromatic rings. The lowest BCUT2D eigenvalue weighted by Gasteiger charge is -2.08. The van der Waals surface area contributed by atoms with E-state index in [1.165, 1.54) is 0 Å². The second kappa shape index (κ2) is 5.39. The smallest absolute Gasteiger partial charge is 0.101 e. The van der Waals surface area contributed by atoms with E-state index in [0.717, 1.165) is 46.2 Å². The number of hydrogen-bond acceptors (Lipinski definition) is 3. The van der Waals surface area contributed by atoms with Gasteiger partial charge in [-0.3, -0.25) is 14.7 Å². The first-order chi connectivity index (χ1) is 10.8. The number of hydrogen-bond donors (Lipinski definition) is 0. The Labute approximate surface area is 133 Å². The van der Waals surface area contributed by atoms with Crippen LogP contribution >= 0.6 is 11.6 Å². The number of pyridine rings is 1. The number of aromatic nitrogens is 3. The summed E-state index contributed by atoms with van der Waals surface area (Å²) in [6.45, 7) is 1.57. The molecule has 22 heavy (non-hydrogen) atoms. The van der Waals surface area contributed by atoms with Crippen molar-refractivity contribution in [1.29, 1.82) is 0 Å². The molecular formula is C17H13ClN4. The lowest BCUT2D eigenvalue weighted by molar-refractivity contribution is 0.613. The van der Waals surface area contributed by atoms with Gasteiger partial charge in [-0.1, -0.05) is 23.7 Å². The Bertz CT molecular complexity index is 835. The van der Waals surface area contributed by atoms with E-state index in [4.69, 9.17) is 16.7 Å². The van der Waals surface area contributed by atoms with Gasteiger partial charge in [-0.05, 0) is 29.8 Å². The Hall–Kier alpha value is -2.46. The van der Waals surface area contributed by atoms with Crippen LogP contribution < -0.4 is 0 Å². The predicted molar refractivity (Wildman–Crippen MR) is 88.4 cm³/mol. The number of benzene rings is 1. The first-order valence-corrected chi connectivity index (χ1v) is 7.48. The Morgan fingerprint density at radius 3 is 2.50 bits per heavy atom. The summed E-state index contributed by atoms with van der Waals surface area (Å²) in [6.07, 6.45) is 5.50. The molecule has 0 unspecified atom stereocenters. The summed E-state index contributed by atoms with van der Waals surface area (Å²) in [6, 6.07) is 11.8. The van der Waals surface area contributed by atoms with Crippen LogP contribution in [0, 0.1) is 0 Å². The Morgan fingerprint density at radius 2 is 1.73 bits per heavy atom. The average molecular weight is 309 g/mol. The Balaban J connectivity index is 1.97. The molecule has 1 aromatic carbocycles. The van der Waals surface area contributed by atoms with Gasteiger partial charge in [-0.15, -0.1) is 0 Å². The molecule has 4 rings (SSSR count). The number of rotatable bonds is 2. The normalized spacial score (nSPS) is 13.1. The van der Waals surface area contributed by atoms with Crippen LogP contribution in [0.25, 0.3) is 22.4 Å². The minimum atomic E-state index is 0.722. The maximum absolute atomic E-state index is 6.00. The molecule has 1 aliphatic heterocycles. The van der Waals surface area contributed by atoms with Crippen molar-refractivity contribution in [3.63, 3.8) is 0 Å². The third kappa shape index (κ3) is 2.22. The van der Waals surface area contributed by atoms with Crippen LogP contribution in [0.15, 0.2) is 53.8 Å². The molecule has 0 N–H and O–H groups in total. The van der Waals surface area contributed by atoms with Gasteiger partial charge >= 0.3 is 0 Å². The average Bonchev–Trinajstić information content (AvgIpc) is 2.96. The summed E-state index contributed by atoms with van der Waals surface area (Å²) in [5.41, 5.74) is 5.22. The van der Waals surface area contributed by atoms with E-state index in [1.54, 1.807) is 12.4 Å². The van der Waals surface area contributed by atoms with Crippen LogP contribution in [0.4, 0.5) is 0 Å². The first kappa shape index (κ1) is 13.2. The van der Waals surface area contributed by atoms with E-state index in [-0.39, 0.29) is 0 Å². The van der Waals surface area contributed by atoms with Gasteiger partial charge in [-0.2, -0.15) is 5.10 Å². The molecule has 2 aromatic heterocycles. The number of halogens is 1. The van der Waals surface area contributed by atoms with Gasteiger partial charge in [0.15, 0.2) is 0 Å². The monoisotopic (exact) mass is 308 g/mol. The molecule has 0 spiro atoms. The van der Waals surface area contributed by atoms with E-state index >= 15 is 0 Å². The van der Waals surface area contributed by atoms with Gasteiger partial charge in [-0.25, -0.2) is 0 Å². The highest BCUT2D eigenvalue weighted by Crippen LogP contribution is 2.34. The third-order valence-corrected chi connectivity index (χ3v) is 3.98. The fourth-order valence-electron chi connectivity index (χ4n) is 2.69. The number of aliphatic imine (C=N–C) groups is 1. The van der Waals surface area contributed by atoms with Crippen molar-refractivity contribution >= 4 is 17.8 Å². The van der Waals surface area contributed by atoms with E-state index < -0.39 is 0 Å². The lowest BCUT2D eigenvalue weighted by Crippen LogP contribution is -2.12. The minimum absolute atomic E-state index is 0.722. The summed E-state index contributed by atoms with van der Waals surface area (Å²) in [4.78, 5) is 8.51. The summed E-state index contributed by atoms with van der Waals surface area (Å²) in [5.74, 6) is 0. The van der Waals surface area contributed by atoms with Crippen LogP contribution in [0.2, 0.25) is 5.02 Å². The molecule has 3 heterocycles. The minimum Gasteiger partial charge on any atom is -0.289 e. The van der Waals surface area contributed by atoms with Crippen molar-refractivity contribution in [3.05, 3.63) is 59.5 Å². The summed E-state index contributed by atoms with van der Waals surface area (Å²) in [7, 11) is 0. The molecular weight excluding hydrogens is 296 g/mol. The van der Waals surface area contributed by atoms with Crippen molar-refractivity contribution in [1.82, 2.24) is 14.8 Å². The molecule has 1 aliphatic rings. The van der Waals surface area contributed by atoms with E-state index in [9.17, 15) is 0 Å². The van der Waals surface area contributed by atoms with Crippen LogP contribution in [0.1, 0.15) is 5.69 Å². The second-order valence-corrected chi connectivity index (χ2v) is 5.55. The summed E-state index contributed by atoms with van der Waals surface area (Å²) in [5, 5.41) is 5.51. The zero-order chi connectivity index (χ0) is 14.9. The molecule has 5 heteroatoms. The van der Waals surface area contributed by atoms with Crippen LogP contribution in [-0.4, -0.2) is 27.5 Å². The molecule has 0 saturated heterocycles. The maximum atomic E-state index is 6.00. The summed E-state index contributed by atoms with van der Waals surface area (Å²) < 4.78 is 2.02. The molecule has 0 radical (unpaired) electrons. The zero-order valence-electron chi connectivity index (χ0n) is 11.8. The van der Waals surface area contributed by atoms with Crippen LogP contribution in [0.3, 0.4) is 0 Å². The van der Waals surface area contributed by atoms with E-state index in [2.05, 4.69) is 9.98 Å². The fourth-order valence-corrected chi connectivity index (χ4v) is 2.82. The van der Waals surface area contributed by atoms with Crippen molar-refractivity contribution in [2.75, 3.05) is 6.54 Å². The molecule has 0 fully saturated rings.